The molecule has 2 aromatic carbocycles. The Morgan fingerprint density at radius 1 is 0.750 bits per heavy atom. The van der Waals surface area contributed by atoms with Gasteiger partial charge in [0, 0.05) is 23.5 Å². The number of hydrogen-bond donors (Lipinski definition) is 0. The second kappa shape index (κ2) is 14.2. The molecule has 0 saturated heterocycles. The van der Waals surface area contributed by atoms with E-state index in [1.165, 1.54) is 0 Å². The molecule has 0 spiro atoms. The summed E-state index contributed by atoms with van der Waals surface area (Å²) in [7, 11) is 0. The molecule has 2 aromatic rings. The summed E-state index contributed by atoms with van der Waals surface area (Å²) < 4.78 is 28.9. The molecule has 2 rings (SSSR count). The minimum Gasteiger partial charge on any atom is -0.463 e. The lowest BCUT2D eigenvalue weighted by atomic mass is 9.78. The van der Waals surface area contributed by atoms with E-state index in [1.54, 1.807) is 46.8 Å². The van der Waals surface area contributed by atoms with E-state index < -0.39 is 36.2 Å². The Balaban J connectivity index is 2.25. The Morgan fingerprint density at radius 3 is 1.60 bits per heavy atom. The summed E-state index contributed by atoms with van der Waals surface area (Å²) in [6, 6.07) is 7.35. The maximum Gasteiger partial charge on any atom is 0.336 e. The predicted octanol–water partition coefficient (Wildman–Crippen LogP) is 8.90. The fourth-order valence-electron chi connectivity index (χ4n) is 3.42. The van der Waals surface area contributed by atoms with E-state index >= 15 is 0 Å². The van der Waals surface area contributed by atoms with Crippen molar-refractivity contribution in [2.75, 3.05) is 0 Å². The third kappa shape index (κ3) is 8.98. The van der Waals surface area contributed by atoms with Gasteiger partial charge in [0.05, 0.1) is 19.0 Å². The maximum atomic E-state index is 11.8. The fourth-order valence-corrected chi connectivity index (χ4v) is 5.37. The van der Waals surface area contributed by atoms with Crippen LogP contribution >= 0.6 is 55.1 Å². The molecule has 0 aliphatic carbocycles. The molecule has 40 heavy (non-hydrogen) atoms. The number of ether oxygens (including phenoxy) is 5. The van der Waals surface area contributed by atoms with E-state index in [0.717, 1.165) is 11.1 Å². The summed E-state index contributed by atoms with van der Waals surface area (Å²) in [5, 5.41) is 0.527. The zero-order valence-electron chi connectivity index (χ0n) is 23.3. The molecule has 0 aliphatic rings. The Kier molecular flexibility index (Phi) is 12.2. The van der Waals surface area contributed by atoms with E-state index in [0.29, 0.717) is 14.7 Å². The zero-order valence-corrected chi connectivity index (χ0v) is 28.0. The van der Waals surface area contributed by atoms with Crippen LogP contribution < -0.4 is 9.47 Å². The third-order valence-electron chi connectivity index (χ3n) is 5.63. The van der Waals surface area contributed by atoms with Crippen LogP contribution in [0.1, 0.15) is 59.6 Å². The van der Waals surface area contributed by atoms with Gasteiger partial charge in [0.15, 0.2) is 11.5 Å². The standard InChI is InChI=1S/C29H32Br2Cl2O7/c1-14(2)27(34)39-17(6)36-16(5)37-25-21(30)10-19(11-22(25)31)29(8,9)20-12-23(32)26(24(33)13-20)38-18(7)40-28(35)15(3)4/h10-13,16-18H,1,3H2,2,4-9H3. The molecule has 11 heteroatoms. The normalized spacial score (nSPS) is 13.6. The monoisotopic (exact) mass is 720 g/mol. The third-order valence-corrected chi connectivity index (χ3v) is 7.37. The summed E-state index contributed by atoms with van der Waals surface area (Å²) in [4.78, 5) is 23.5. The number of carbonyl (C=O) groups is 2. The van der Waals surface area contributed by atoms with Crippen molar-refractivity contribution in [2.45, 2.75) is 72.8 Å². The van der Waals surface area contributed by atoms with E-state index in [2.05, 4.69) is 45.0 Å². The lowest BCUT2D eigenvalue weighted by Crippen LogP contribution is -2.27. The van der Waals surface area contributed by atoms with Crippen molar-refractivity contribution >= 4 is 67.0 Å². The van der Waals surface area contributed by atoms with Crippen molar-refractivity contribution < 1.29 is 33.3 Å². The maximum absolute atomic E-state index is 11.8. The van der Waals surface area contributed by atoms with Gasteiger partial charge < -0.3 is 23.7 Å². The lowest BCUT2D eigenvalue weighted by molar-refractivity contribution is -0.205. The molecular weight excluding hydrogens is 691 g/mol. The van der Waals surface area contributed by atoms with Crippen LogP contribution in [0.5, 0.6) is 11.5 Å². The molecule has 3 atom stereocenters. The highest BCUT2D eigenvalue weighted by atomic mass is 79.9. The minimum absolute atomic E-state index is 0.202. The van der Waals surface area contributed by atoms with Crippen LogP contribution in [0, 0.1) is 0 Å². The molecule has 0 bridgehead atoms. The highest BCUT2D eigenvalue weighted by Gasteiger charge is 2.28. The molecule has 7 nitrogen and oxygen atoms in total. The molecule has 0 N–H and O–H groups in total. The Bertz CT molecular complexity index is 1260. The van der Waals surface area contributed by atoms with Crippen molar-refractivity contribution in [1.82, 2.24) is 0 Å². The highest BCUT2D eigenvalue weighted by molar-refractivity contribution is 9.11. The zero-order chi connectivity index (χ0) is 30.5. The summed E-state index contributed by atoms with van der Waals surface area (Å²) in [5.74, 6) is -0.423. The van der Waals surface area contributed by atoms with E-state index in [4.69, 9.17) is 46.9 Å². The summed E-state index contributed by atoms with van der Waals surface area (Å²) in [6.45, 7) is 19.1. The van der Waals surface area contributed by atoms with E-state index in [1.807, 2.05) is 26.0 Å². The minimum atomic E-state index is -0.926. The first-order valence-corrected chi connectivity index (χ1v) is 14.5. The summed E-state index contributed by atoms with van der Waals surface area (Å²) in [5.41, 5.74) is 1.70. The average Bonchev–Trinajstić information content (AvgIpc) is 2.82. The molecular formula is C29H32Br2Cl2O7. The topological polar surface area (TPSA) is 80.3 Å². The molecule has 0 aromatic heterocycles. The number of benzene rings is 2. The first kappa shape index (κ1) is 34.2. The second-order valence-electron chi connectivity index (χ2n) is 9.61. The molecule has 0 saturated carbocycles. The Hall–Kier alpha value is -2.04. The van der Waals surface area contributed by atoms with Gasteiger partial charge in [-0.2, -0.15) is 0 Å². The van der Waals surface area contributed by atoms with Gasteiger partial charge in [-0.25, -0.2) is 9.59 Å². The molecule has 0 heterocycles. The molecule has 3 unspecified atom stereocenters. The van der Waals surface area contributed by atoms with Crippen molar-refractivity contribution in [3.8, 4) is 11.5 Å². The van der Waals surface area contributed by atoms with Gasteiger partial charge in [-0.1, -0.05) is 50.2 Å². The predicted molar refractivity (Wildman–Crippen MR) is 163 cm³/mol. The van der Waals surface area contributed by atoms with Crippen LogP contribution in [0.3, 0.4) is 0 Å². The molecule has 0 aliphatic heterocycles. The number of rotatable bonds is 12. The van der Waals surface area contributed by atoms with Gasteiger partial charge >= 0.3 is 11.9 Å². The van der Waals surface area contributed by atoms with Crippen molar-refractivity contribution in [1.29, 1.82) is 0 Å². The molecule has 0 radical (unpaired) electrons. The van der Waals surface area contributed by atoms with Gasteiger partial charge in [-0.3, -0.25) is 0 Å². The summed E-state index contributed by atoms with van der Waals surface area (Å²) in [6.07, 6.45) is -2.50. The van der Waals surface area contributed by atoms with Crippen LogP contribution in [0.25, 0.3) is 0 Å². The Labute approximate surface area is 262 Å². The van der Waals surface area contributed by atoms with Gasteiger partial charge in [0.2, 0.25) is 18.9 Å². The van der Waals surface area contributed by atoms with Crippen LogP contribution in [-0.4, -0.2) is 30.8 Å². The molecule has 0 fully saturated rings. The van der Waals surface area contributed by atoms with Gasteiger partial charge in [0.1, 0.15) is 0 Å². The van der Waals surface area contributed by atoms with Crippen molar-refractivity contribution in [3.63, 3.8) is 0 Å². The van der Waals surface area contributed by atoms with Crippen LogP contribution in [0.15, 0.2) is 57.5 Å². The van der Waals surface area contributed by atoms with Gasteiger partial charge in [0.25, 0.3) is 0 Å². The van der Waals surface area contributed by atoms with Crippen molar-refractivity contribution in [3.05, 3.63) is 78.7 Å². The van der Waals surface area contributed by atoms with E-state index in [9.17, 15) is 9.59 Å². The highest BCUT2D eigenvalue weighted by Crippen LogP contribution is 2.44. The first-order chi connectivity index (χ1) is 18.4. The summed E-state index contributed by atoms with van der Waals surface area (Å²) >= 11 is 20.3. The van der Waals surface area contributed by atoms with E-state index in [-0.39, 0.29) is 26.9 Å². The number of esters is 2. The SMILES string of the molecule is C=C(C)C(=O)OC(C)Oc1c(Cl)cc(C(C)(C)c2cc(Br)c(OC(C)OC(C)OC(=O)C(=C)C)c(Br)c2)cc1Cl. The van der Waals surface area contributed by atoms with Crippen LogP contribution in [-0.2, 0) is 29.2 Å². The number of hydrogen-bond acceptors (Lipinski definition) is 7. The second-order valence-corrected chi connectivity index (χ2v) is 12.1. The first-order valence-electron chi connectivity index (χ1n) is 12.1. The van der Waals surface area contributed by atoms with Crippen molar-refractivity contribution in [2.24, 2.45) is 0 Å². The average molecular weight is 723 g/mol. The lowest BCUT2D eigenvalue weighted by Gasteiger charge is -2.29. The smallest absolute Gasteiger partial charge is 0.336 e. The number of halogens is 4. The fraction of sp³-hybridized carbons (Fsp3) is 0.379. The quantitative estimate of drug-likeness (QED) is 0.123. The van der Waals surface area contributed by atoms with Crippen LogP contribution in [0.4, 0.5) is 0 Å². The van der Waals surface area contributed by atoms with Crippen LogP contribution in [0.2, 0.25) is 10.0 Å². The molecule has 0 amide bonds. The Morgan fingerprint density at radius 2 is 1.15 bits per heavy atom. The molecule has 218 valence electrons. The van der Waals surface area contributed by atoms with Gasteiger partial charge in [-0.05, 0) is 94.9 Å². The van der Waals surface area contributed by atoms with Gasteiger partial charge in [-0.15, -0.1) is 0 Å². The largest absolute Gasteiger partial charge is 0.463 e. The number of carbonyl (C=O) groups excluding carboxylic acids is 2.